The number of hydrogen-bond donors (Lipinski definition) is 1. The van der Waals surface area contributed by atoms with Crippen LogP contribution in [0.4, 0.5) is 15.8 Å². The van der Waals surface area contributed by atoms with Gasteiger partial charge in [-0.15, -0.1) is 0 Å². The summed E-state index contributed by atoms with van der Waals surface area (Å²) < 4.78 is 14.4. The lowest BCUT2D eigenvalue weighted by Gasteiger charge is -2.34. The van der Waals surface area contributed by atoms with Crippen LogP contribution in [-0.4, -0.2) is 83.5 Å². The number of carbonyl (C=O) groups excluding carboxylic acids is 2. The monoisotopic (exact) mass is 575 g/mol. The van der Waals surface area contributed by atoms with Gasteiger partial charge in [0.25, 0.3) is 5.91 Å². The van der Waals surface area contributed by atoms with Gasteiger partial charge in [-0.05, 0) is 80.3 Å². The Morgan fingerprint density at radius 3 is 2.31 bits per heavy atom. The van der Waals surface area contributed by atoms with Crippen LogP contribution in [0.5, 0.6) is 0 Å². The molecule has 36 heavy (non-hydrogen) atoms. The summed E-state index contributed by atoms with van der Waals surface area (Å²) in [5, 5.41) is 3.22. The van der Waals surface area contributed by atoms with Gasteiger partial charge in [0, 0.05) is 42.9 Å². The third kappa shape index (κ3) is 6.47. The molecule has 10 heteroatoms. The Balaban J connectivity index is 1.44. The second-order valence-electron chi connectivity index (χ2n) is 9.03. The summed E-state index contributed by atoms with van der Waals surface area (Å²) in [6.07, 6.45) is 0.795. The van der Waals surface area contributed by atoms with Crippen molar-refractivity contribution in [2.75, 3.05) is 56.0 Å². The third-order valence-corrected chi connectivity index (χ3v) is 7.64. The molecular weight excluding hydrogens is 545 g/mol. The molecule has 2 aliphatic heterocycles. The van der Waals surface area contributed by atoms with E-state index in [0.29, 0.717) is 23.0 Å². The van der Waals surface area contributed by atoms with Crippen molar-refractivity contribution in [3.8, 4) is 0 Å². The van der Waals surface area contributed by atoms with Crippen LogP contribution in [-0.2, 0) is 9.59 Å². The van der Waals surface area contributed by atoms with Gasteiger partial charge >= 0.3 is 0 Å². The molecule has 1 N–H and O–H groups in total. The topological polar surface area (TPSA) is 59.1 Å². The number of likely N-dealkylation sites (N-methyl/N-ethyl adjacent to an activating group) is 1. The molecule has 2 heterocycles. The van der Waals surface area contributed by atoms with E-state index < -0.39 is 6.04 Å². The molecule has 0 radical (unpaired) electrons. The largest absolute Gasteiger partial charge is 0.336 e. The van der Waals surface area contributed by atoms with Gasteiger partial charge in [-0.3, -0.25) is 14.5 Å². The van der Waals surface area contributed by atoms with Crippen molar-refractivity contribution in [3.05, 3.63) is 58.8 Å². The Morgan fingerprint density at radius 1 is 1.03 bits per heavy atom. The highest BCUT2D eigenvalue weighted by Crippen LogP contribution is 2.28. The summed E-state index contributed by atoms with van der Waals surface area (Å²) in [7, 11) is 0. The molecule has 1 atom stereocenters. The molecule has 2 aliphatic rings. The van der Waals surface area contributed by atoms with E-state index in [-0.39, 0.29) is 24.1 Å². The SMILES string of the molecule is CCN1CCN(CCCN2C(=S)N(c3ccc(F)cc3)C(=O)[C@@H]2CC(=O)Nc2ccc(Br)cc2)CC1. The fraction of sp³-hybridized carbons (Fsp3) is 0.423. The molecule has 192 valence electrons. The van der Waals surface area contributed by atoms with E-state index >= 15 is 0 Å². The number of halogens is 2. The highest BCUT2D eigenvalue weighted by molar-refractivity contribution is 9.10. The number of anilines is 2. The molecule has 0 saturated carbocycles. The number of benzene rings is 2. The van der Waals surface area contributed by atoms with Crippen LogP contribution in [0.3, 0.4) is 0 Å². The summed E-state index contributed by atoms with van der Waals surface area (Å²) in [5.74, 6) is -0.920. The van der Waals surface area contributed by atoms with E-state index in [9.17, 15) is 14.0 Å². The number of piperazine rings is 1. The van der Waals surface area contributed by atoms with Crippen LogP contribution < -0.4 is 10.2 Å². The molecule has 0 bridgehead atoms. The lowest BCUT2D eigenvalue weighted by atomic mass is 10.1. The third-order valence-electron chi connectivity index (χ3n) is 6.70. The van der Waals surface area contributed by atoms with Gasteiger partial charge in [-0.25, -0.2) is 4.39 Å². The molecule has 2 saturated heterocycles. The summed E-state index contributed by atoms with van der Waals surface area (Å²) >= 11 is 9.09. The molecule has 2 aromatic carbocycles. The maximum absolute atomic E-state index is 13.5. The summed E-state index contributed by atoms with van der Waals surface area (Å²) in [5.41, 5.74) is 1.16. The molecule has 2 fully saturated rings. The van der Waals surface area contributed by atoms with Crippen LogP contribution in [0.2, 0.25) is 0 Å². The van der Waals surface area contributed by atoms with Gasteiger partial charge in [0.15, 0.2) is 5.11 Å². The maximum atomic E-state index is 13.5. The number of nitrogens with one attached hydrogen (secondary N) is 1. The van der Waals surface area contributed by atoms with Crippen LogP contribution in [0, 0.1) is 5.82 Å². The van der Waals surface area contributed by atoms with Gasteiger partial charge in [0.1, 0.15) is 11.9 Å². The van der Waals surface area contributed by atoms with Crippen LogP contribution in [0.15, 0.2) is 53.0 Å². The fourth-order valence-corrected chi connectivity index (χ4v) is 5.31. The number of carbonyl (C=O) groups is 2. The highest BCUT2D eigenvalue weighted by Gasteiger charge is 2.43. The first-order valence-electron chi connectivity index (χ1n) is 12.3. The Morgan fingerprint density at radius 2 is 1.67 bits per heavy atom. The quantitative estimate of drug-likeness (QED) is 0.457. The molecule has 0 aliphatic carbocycles. The van der Waals surface area contributed by atoms with Crippen molar-refractivity contribution in [3.63, 3.8) is 0 Å². The lowest BCUT2D eigenvalue weighted by molar-refractivity contribution is -0.124. The predicted octanol–water partition coefficient (Wildman–Crippen LogP) is 3.95. The smallest absolute Gasteiger partial charge is 0.256 e. The normalized spacial score (nSPS) is 19.2. The minimum Gasteiger partial charge on any atom is -0.336 e. The summed E-state index contributed by atoms with van der Waals surface area (Å²) in [4.78, 5) is 34.5. The molecule has 0 spiro atoms. The number of nitrogens with zero attached hydrogens (tertiary/aromatic N) is 4. The highest BCUT2D eigenvalue weighted by atomic mass is 79.9. The minimum atomic E-state index is -0.713. The second kappa shape index (κ2) is 12.2. The average molecular weight is 577 g/mol. The molecule has 2 aromatic rings. The van der Waals surface area contributed by atoms with Crippen LogP contribution in [0.25, 0.3) is 0 Å². The van der Waals surface area contributed by atoms with E-state index in [1.807, 2.05) is 17.0 Å². The number of thiocarbonyl (C=S) groups is 1. The standard InChI is InChI=1S/C26H31BrFN5O2S/c1-2-30-14-16-31(17-15-30)12-3-13-32-23(18-24(34)29-21-8-4-19(27)5-9-21)25(35)33(26(32)36)22-10-6-20(28)7-11-22/h4-11,23H,2-3,12-18H2,1H3,(H,29,34)/t23-/m0/s1. The predicted molar refractivity (Wildman–Crippen MR) is 148 cm³/mol. The molecule has 0 aromatic heterocycles. The van der Waals surface area contributed by atoms with E-state index in [1.54, 1.807) is 12.1 Å². The van der Waals surface area contributed by atoms with Crippen LogP contribution in [0.1, 0.15) is 19.8 Å². The van der Waals surface area contributed by atoms with E-state index in [4.69, 9.17) is 12.2 Å². The Kier molecular flexibility index (Phi) is 9.05. The lowest BCUT2D eigenvalue weighted by Crippen LogP contribution is -2.47. The molecular formula is C26H31BrFN5O2S. The van der Waals surface area contributed by atoms with Crippen molar-refractivity contribution in [2.45, 2.75) is 25.8 Å². The first-order valence-corrected chi connectivity index (χ1v) is 13.5. The zero-order valence-electron chi connectivity index (χ0n) is 20.3. The van der Waals surface area contributed by atoms with E-state index in [1.165, 1.54) is 29.2 Å². The number of rotatable bonds is 9. The average Bonchev–Trinajstić information content (AvgIpc) is 3.10. The van der Waals surface area contributed by atoms with Gasteiger partial charge in [0.2, 0.25) is 5.91 Å². The van der Waals surface area contributed by atoms with Gasteiger partial charge in [-0.1, -0.05) is 22.9 Å². The van der Waals surface area contributed by atoms with Crippen LogP contribution >= 0.6 is 28.1 Å². The first kappa shape index (κ1) is 26.7. The first-order chi connectivity index (χ1) is 17.4. The minimum absolute atomic E-state index is 0.0259. The Bertz CT molecular complexity index is 1080. The Labute approximate surface area is 225 Å². The summed E-state index contributed by atoms with van der Waals surface area (Å²) in [6, 6.07) is 12.2. The van der Waals surface area contributed by atoms with Crippen molar-refractivity contribution in [1.29, 1.82) is 0 Å². The van der Waals surface area contributed by atoms with Crippen molar-refractivity contribution in [2.24, 2.45) is 0 Å². The molecule has 2 amide bonds. The molecule has 4 rings (SSSR count). The number of hydrogen-bond acceptors (Lipinski definition) is 5. The van der Waals surface area contributed by atoms with Crippen molar-refractivity contribution < 1.29 is 14.0 Å². The zero-order valence-corrected chi connectivity index (χ0v) is 22.7. The van der Waals surface area contributed by atoms with Gasteiger partial charge in [0.05, 0.1) is 12.1 Å². The van der Waals surface area contributed by atoms with Crippen molar-refractivity contribution in [1.82, 2.24) is 14.7 Å². The molecule has 7 nitrogen and oxygen atoms in total. The van der Waals surface area contributed by atoms with Gasteiger partial charge in [-0.2, -0.15) is 0 Å². The molecule has 0 unspecified atom stereocenters. The van der Waals surface area contributed by atoms with Gasteiger partial charge < -0.3 is 20.0 Å². The summed E-state index contributed by atoms with van der Waals surface area (Å²) in [6.45, 7) is 8.90. The van der Waals surface area contributed by atoms with E-state index in [0.717, 1.165) is 50.2 Å². The zero-order chi connectivity index (χ0) is 25.7. The Hall–Kier alpha value is -2.40. The number of amides is 2. The second-order valence-corrected chi connectivity index (χ2v) is 10.3. The maximum Gasteiger partial charge on any atom is 0.256 e. The van der Waals surface area contributed by atoms with E-state index in [2.05, 4.69) is 38.0 Å². The fourth-order valence-electron chi connectivity index (χ4n) is 4.63. The van der Waals surface area contributed by atoms with Crippen molar-refractivity contribution >= 4 is 56.4 Å².